The molecule has 1 fully saturated rings. The predicted molar refractivity (Wildman–Crippen MR) is 145 cm³/mol. The van der Waals surface area contributed by atoms with E-state index in [2.05, 4.69) is 33.6 Å². The lowest BCUT2D eigenvalue weighted by atomic mass is 10.1. The molecule has 5 rings (SSSR count). The zero-order chi connectivity index (χ0) is 26.8. The Morgan fingerprint density at radius 2 is 1.95 bits per heavy atom. The SMILES string of the molecule is CNC(=O)Nc1ccc2c(c1)C(=O)C(=Cc1c(C#N)n(CCN3CCN(C)CC3)c3ccc(OC)cc13)O2. The minimum Gasteiger partial charge on any atom is -0.497 e. The molecule has 196 valence electrons. The molecule has 2 aliphatic heterocycles. The van der Waals surface area contributed by atoms with Crippen molar-refractivity contribution in [2.45, 2.75) is 6.54 Å². The summed E-state index contributed by atoms with van der Waals surface area (Å²) in [6.07, 6.45) is 1.64. The van der Waals surface area contributed by atoms with Crippen molar-refractivity contribution in [3.63, 3.8) is 0 Å². The van der Waals surface area contributed by atoms with Gasteiger partial charge in [-0.2, -0.15) is 5.26 Å². The molecule has 0 bridgehead atoms. The number of urea groups is 1. The number of rotatable bonds is 6. The minimum atomic E-state index is -0.385. The summed E-state index contributed by atoms with van der Waals surface area (Å²) in [5.41, 5.74) is 2.79. The molecule has 38 heavy (non-hydrogen) atoms. The summed E-state index contributed by atoms with van der Waals surface area (Å²) in [6.45, 7) is 5.47. The second-order valence-corrected chi connectivity index (χ2v) is 9.41. The topological polar surface area (TPSA) is 112 Å². The molecule has 10 heteroatoms. The Morgan fingerprint density at radius 3 is 2.66 bits per heavy atom. The lowest BCUT2D eigenvalue weighted by Crippen LogP contribution is -2.45. The van der Waals surface area contributed by atoms with Gasteiger partial charge in [0, 0.05) is 68.5 Å². The fourth-order valence-electron chi connectivity index (χ4n) is 4.89. The van der Waals surface area contributed by atoms with Crippen molar-refractivity contribution in [3.8, 4) is 17.6 Å². The highest BCUT2D eigenvalue weighted by Gasteiger charge is 2.29. The lowest BCUT2D eigenvalue weighted by Gasteiger charge is -2.32. The Morgan fingerprint density at radius 1 is 1.16 bits per heavy atom. The van der Waals surface area contributed by atoms with E-state index in [1.165, 1.54) is 7.05 Å². The van der Waals surface area contributed by atoms with Gasteiger partial charge in [-0.3, -0.25) is 9.69 Å². The van der Waals surface area contributed by atoms with E-state index in [1.54, 1.807) is 31.4 Å². The lowest BCUT2D eigenvalue weighted by molar-refractivity contribution is 0.101. The summed E-state index contributed by atoms with van der Waals surface area (Å²) < 4.78 is 13.4. The minimum absolute atomic E-state index is 0.120. The number of aromatic nitrogens is 1. The number of nitrogens with zero attached hydrogens (tertiary/aromatic N) is 4. The summed E-state index contributed by atoms with van der Waals surface area (Å²) in [6, 6.07) is 12.6. The van der Waals surface area contributed by atoms with Gasteiger partial charge in [0.15, 0.2) is 5.76 Å². The molecule has 10 nitrogen and oxygen atoms in total. The number of carbonyl (C=O) groups excluding carboxylic acids is 2. The van der Waals surface area contributed by atoms with Gasteiger partial charge in [-0.15, -0.1) is 0 Å². The van der Waals surface area contributed by atoms with Crippen LogP contribution in [-0.2, 0) is 6.54 Å². The highest BCUT2D eigenvalue weighted by molar-refractivity contribution is 6.16. The van der Waals surface area contributed by atoms with Crippen molar-refractivity contribution in [1.82, 2.24) is 19.7 Å². The van der Waals surface area contributed by atoms with Gasteiger partial charge in [-0.25, -0.2) is 4.79 Å². The van der Waals surface area contributed by atoms with Crippen LogP contribution in [-0.4, -0.2) is 80.1 Å². The molecule has 0 radical (unpaired) electrons. The number of ether oxygens (including phenoxy) is 2. The van der Waals surface area contributed by atoms with E-state index >= 15 is 0 Å². The second kappa shape index (κ2) is 10.6. The Balaban J connectivity index is 1.51. The predicted octanol–water partition coefficient (Wildman–Crippen LogP) is 3.14. The fraction of sp³-hybridized carbons (Fsp3) is 0.321. The molecule has 2 amide bonds. The first kappa shape index (κ1) is 25.3. The molecule has 2 aromatic carbocycles. The standard InChI is InChI=1S/C28H30N6O4/c1-30-28(36)31-18-4-7-25-22(14-18)27(35)26(38-25)16-21-20-15-19(37-3)5-6-23(20)34(24(21)17-29)13-12-33-10-8-32(2)9-11-33/h4-7,14-16H,8-13H2,1-3H3,(H2,30,31,36). The van der Waals surface area contributed by atoms with E-state index < -0.39 is 0 Å². The zero-order valence-electron chi connectivity index (χ0n) is 21.7. The van der Waals surface area contributed by atoms with Crippen LogP contribution in [0.5, 0.6) is 11.5 Å². The first-order chi connectivity index (χ1) is 18.4. The average molecular weight is 515 g/mol. The molecular weight excluding hydrogens is 484 g/mol. The third-order valence-corrected chi connectivity index (χ3v) is 7.08. The molecule has 0 spiro atoms. The highest BCUT2D eigenvalue weighted by atomic mass is 16.5. The number of Topliss-reactive ketones (excluding diaryl/α,β-unsaturated/α-hetero) is 1. The Labute approximate surface area is 221 Å². The summed E-state index contributed by atoms with van der Waals surface area (Å²) in [5.74, 6) is 0.864. The Kier molecular flexibility index (Phi) is 7.05. The van der Waals surface area contributed by atoms with Gasteiger partial charge in [0.05, 0.1) is 12.7 Å². The Bertz CT molecular complexity index is 1480. The number of allylic oxidation sites excluding steroid dienone is 1. The van der Waals surface area contributed by atoms with Gasteiger partial charge in [0.1, 0.15) is 23.3 Å². The number of hydrogen-bond donors (Lipinski definition) is 2. The van der Waals surface area contributed by atoms with Crippen LogP contribution in [0.15, 0.2) is 42.2 Å². The second-order valence-electron chi connectivity index (χ2n) is 9.41. The molecule has 0 aliphatic carbocycles. The first-order valence-corrected chi connectivity index (χ1v) is 12.5. The van der Waals surface area contributed by atoms with E-state index in [0.717, 1.165) is 43.6 Å². The molecule has 0 atom stereocenters. The number of ketones is 1. The molecule has 2 aliphatic rings. The van der Waals surface area contributed by atoms with Crippen LogP contribution in [0.4, 0.5) is 10.5 Å². The molecule has 1 aromatic heterocycles. The van der Waals surface area contributed by atoms with Crippen LogP contribution >= 0.6 is 0 Å². The van der Waals surface area contributed by atoms with Crippen LogP contribution in [0.3, 0.4) is 0 Å². The number of carbonyl (C=O) groups is 2. The number of likely N-dealkylation sites (N-methyl/N-ethyl adjacent to an activating group) is 1. The van der Waals surface area contributed by atoms with Gasteiger partial charge in [0.2, 0.25) is 5.78 Å². The van der Waals surface area contributed by atoms with Crippen LogP contribution < -0.4 is 20.1 Å². The number of methoxy groups -OCH3 is 1. The van der Waals surface area contributed by atoms with Crippen molar-refractivity contribution in [3.05, 3.63) is 59.0 Å². The van der Waals surface area contributed by atoms with E-state index in [4.69, 9.17) is 9.47 Å². The number of piperazine rings is 1. The van der Waals surface area contributed by atoms with Gasteiger partial charge in [-0.05, 0) is 49.5 Å². The maximum atomic E-state index is 13.3. The van der Waals surface area contributed by atoms with Gasteiger partial charge in [-0.1, -0.05) is 0 Å². The van der Waals surface area contributed by atoms with E-state index in [1.807, 2.05) is 22.8 Å². The summed E-state index contributed by atoms with van der Waals surface area (Å²) in [5, 5.41) is 16.2. The van der Waals surface area contributed by atoms with Crippen molar-refractivity contribution in [1.29, 1.82) is 5.26 Å². The monoisotopic (exact) mass is 514 g/mol. The van der Waals surface area contributed by atoms with Crippen molar-refractivity contribution < 1.29 is 19.1 Å². The number of hydrogen-bond acceptors (Lipinski definition) is 7. The molecule has 3 heterocycles. The fourth-order valence-corrected chi connectivity index (χ4v) is 4.89. The molecule has 0 unspecified atom stereocenters. The average Bonchev–Trinajstić information content (AvgIpc) is 3.41. The summed E-state index contributed by atoms with van der Waals surface area (Å²) in [4.78, 5) is 29.7. The third-order valence-electron chi connectivity index (χ3n) is 7.08. The summed E-state index contributed by atoms with van der Waals surface area (Å²) in [7, 11) is 5.24. The van der Waals surface area contributed by atoms with Crippen molar-refractivity contribution >= 4 is 34.5 Å². The molecular formula is C28H30N6O4. The third kappa shape index (κ3) is 4.81. The van der Waals surface area contributed by atoms with Crippen LogP contribution in [0.2, 0.25) is 0 Å². The number of fused-ring (bicyclic) bond motifs is 2. The molecule has 0 saturated carbocycles. The molecule has 2 N–H and O–H groups in total. The number of nitriles is 1. The van der Waals surface area contributed by atoms with Gasteiger partial charge < -0.3 is 29.6 Å². The zero-order valence-corrected chi connectivity index (χ0v) is 21.7. The van der Waals surface area contributed by atoms with E-state index in [0.29, 0.717) is 40.6 Å². The number of anilines is 1. The first-order valence-electron chi connectivity index (χ1n) is 12.5. The van der Waals surface area contributed by atoms with Crippen LogP contribution in [0, 0.1) is 11.3 Å². The van der Waals surface area contributed by atoms with Gasteiger partial charge in [0.25, 0.3) is 0 Å². The molecule has 3 aromatic rings. The van der Waals surface area contributed by atoms with E-state index in [-0.39, 0.29) is 17.6 Å². The quantitative estimate of drug-likeness (QED) is 0.486. The van der Waals surface area contributed by atoms with Crippen LogP contribution in [0.1, 0.15) is 21.6 Å². The number of amides is 2. The maximum absolute atomic E-state index is 13.3. The number of nitrogens with one attached hydrogen (secondary N) is 2. The van der Waals surface area contributed by atoms with Crippen LogP contribution in [0.25, 0.3) is 17.0 Å². The summed E-state index contributed by atoms with van der Waals surface area (Å²) >= 11 is 0. The normalized spacial score (nSPS) is 16.8. The number of benzene rings is 2. The largest absolute Gasteiger partial charge is 0.497 e. The van der Waals surface area contributed by atoms with Gasteiger partial charge >= 0.3 is 6.03 Å². The molecule has 1 saturated heterocycles. The highest BCUT2D eigenvalue weighted by Crippen LogP contribution is 2.37. The van der Waals surface area contributed by atoms with E-state index in [9.17, 15) is 14.9 Å². The Hall–Kier alpha value is -4.33. The maximum Gasteiger partial charge on any atom is 0.318 e. The van der Waals surface area contributed by atoms with Crippen molar-refractivity contribution in [2.24, 2.45) is 0 Å². The smallest absolute Gasteiger partial charge is 0.318 e. The van der Waals surface area contributed by atoms with Crippen molar-refractivity contribution in [2.75, 3.05) is 59.2 Å².